The molecule has 0 fully saturated rings. The van der Waals surface area contributed by atoms with Crippen molar-refractivity contribution in [2.45, 2.75) is 32.7 Å². The van der Waals surface area contributed by atoms with E-state index in [1.807, 2.05) is 18.3 Å². The Morgan fingerprint density at radius 1 is 1.32 bits per heavy atom. The van der Waals surface area contributed by atoms with Crippen LogP contribution in [-0.4, -0.2) is 21.5 Å². The van der Waals surface area contributed by atoms with Gasteiger partial charge < -0.3 is 5.32 Å². The molecule has 0 saturated carbocycles. The minimum absolute atomic E-state index is 0.805. The highest BCUT2D eigenvalue weighted by Gasteiger charge is 2.17. The largest absolute Gasteiger partial charge is 0.311 e. The molecule has 1 aliphatic rings. The predicted molar refractivity (Wildman–Crippen MR) is 74.7 cm³/mol. The van der Waals surface area contributed by atoms with Crippen LogP contribution in [0.2, 0.25) is 0 Å². The van der Waals surface area contributed by atoms with Gasteiger partial charge in [0.25, 0.3) is 0 Å². The Labute approximate surface area is 113 Å². The molecule has 98 valence electrons. The van der Waals surface area contributed by atoms with E-state index in [0.29, 0.717) is 0 Å². The maximum atomic E-state index is 4.77. The van der Waals surface area contributed by atoms with Crippen LogP contribution in [-0.2, 0) is 19.4 Å². The summed E-state index contributed by atoms with van der Waals surface area (Å²) in [6.45, 7) is 4.07. The summed E-state index contributed by atoms with van der Waals surface area (Å²) in [6.07, 6.45) is 6.78. The summed E-state index contributed by atoms with van der Waals surface area (Å²) in [5, 5.41) is 3.38. The van der Waals surface area contributed by atoms with Gasteiger partial charge in [0.15, 0.2) is 5.82 Å². The van der Waals surface area contributed by atoms with Gasteiger partial charge >= 0.3 is 0 Å². The van der Waals surface area contributed by atoms with Crippen LogP contribution in [0.1, 0.15) is 30.3 Å². The van der Waals surface area contributed by atoms with E-state index in [0.717, 1.165) is 49.4 Å². The third-order valence-electron chi connectivity index (χ3n) is 3.43. The Kier molecular flexibility index (Phi) is 3.51. The maximum absolute atomic E-state index is 4.77. The SMILES string of the molecule is CCCc1nc(-c2cccnc2)nc2c1CCNC2. The number of nitrogens with zero attached hydrogens (tertiary/aromatic N) is 3. The molecule has 0 radical (unpaired) electrons. The van der Waals surface area contributed by atoms with Crippen LogP contribution in [0.4, 0.5) is 0 Å². The summed E-state index contributed by atoms with van der Waals surface area (Å²) in [4.78, 5) is 13.6. The fraction of sp³-hybridized carbons (Fsp3) is 0.400. The van der Waals surface area contributed by atoms with Crippen molar-refractivity contribution in [2.24, 2.45) is 0 Å². The molecule has 19 heavy (non-hydrogen) atoms. The van der Waals surface area contributed by atoms with Crippen LogP contribution in [0, 0.1) is 0 Å². The van der Waals surface area contributed by atoms with Gasteiger partial charge in [0.2, 0.25) is 0 Å². The van der Waals surface area contributed by atoms with Gasteiger partial charge in [0, 0.05) is 30.2 Å². The van der Waals surface area contributed by atoms with Crippen molar-refractivity contribution < 1.29 is 0 Å². The maximum Gasteiger partial charge on any atom is 0.161 e. The van der Waals surface area contributed by atoms with E-state index < -0.39 is 0 Å². The Balaban J connectivity index is 2.09. The molecule has 0 aliphatic carbocycles. The second-order valence-electron chi connectivity index (χ2n) is 4.84. The van der Waals surface area contributed by atoms with Crippen LogP contribution >= 0.6 is 0 Å². The van der Waals surface area contributed by atoms with E-state index in [9.17, 15) is 0 Å². The molecule has 0 spiro atoms. The zero-order chi connectivity index (χ0) is 13.1. The van der Waals surface area contributed by atoms with E-state index in [-0.39, 0.29) is 0 Å². The van der Waals surface area contributed by atoms with Gasteiger partial charge in [0.05, 0.1) is 5.69 Å². The topological polar surface area (TPSA) is 50.7 Å². The Morgan fingerprint density at radius 2 is 2.26 bits per heavy atom. The molecule has 0 amide bonds. The number of fused-ring (bicyclic) bond motifs is 1. The second-order valence-corrected chi connectivity index (χ2v) is 4.84. The summed E-state index contributed by atoms with van der Waals surface area (Å²) in [7, 11) is 0. The van der Waals surface area contributed by atoms with Crippen molar-refractivity contribution in [1.29, 1.82) is 0 Å². The first-order valence-corrected chi connectivity index (χ1v) is 6.88. The first kappa shape index (κ1) is 12.2. The van der Waals surface area contributed by atoms with Crippen LogP contribution < -0.4 is 5.32 Å². The summed E-state index contributed by atoms with van der Waals surface area (Å²) in [5.41, 5.74) is 4.72. The molecule has 4 nitrogen and oxygen atoms in total. The van der Waals surface area contributed by atoms with Gasteiger partial charge in [-0.25, -0.2) is 9.97 Å². The number of hydrogen-bond acceptors (Lipinski definition) is 4. The molecule has 4 heteroatoms. The van der Waals surface area contributed by atoms with E-state index in [1.165, 1.54) is 11.3 Å². The fourth-order valence-electron chi connectivity index (χ4n) is 2.50. The fourth-order valence-corrected chi connectivity index (χ4v) is 2.50. The van der Waals surface area contributed by atoms with Gasteiger partial charge in [-0.2, -0.15) is 0 Å². The highest BCUT2D eigenvalue weighted by molar-refractivity contribution is 5.54. The lowest BCUT2D eigenvalue weighted by molar-refractivity contribution is 0.614. The number of rotatable bonds is 3. The normalized spacial score (nSPS) is 14.2. The molecule has 3 heterocycles. The monoisotopic (exact) mass is 254 g/mol. The van der Waals surface area contributed by atoms with Crippen molar-refractivity contribution >= 4 is 0 Å². The number of aryl methyl sites for hydroxylation is 1. The molecule has 2 aromatic rings. The minimum atomic E-state index is 0.805. The minimum Gasteiger partial charge on any atom is -0.311 e. The lowest BCUT2D eigenvalue weighted by atomic mass is 10.0. The van der Waals surface area contributed by atoms with Gasteiger partial charge in [-0.05, 0) is 37.1 Å². The zero-order valence-electron chi connectivity index (χ0n) is 11.2. The highest BCUT2D eigenvalue weighted by atomic mass is 15.0. The Bertz CT molecular complexity index is 566. The summed E-state index contributed by atoms with van der Waals surface area (Å²) < 4.78 is 0. The Morgan fingerprint density at radius 3 is 3.05 bits per heavy atom. The molecule has 0 unspecified atom stereocenters. The predicted octanol–water partition coefficient (Wildman–Crippen LogP) is 2.14. The van der Waals surface area contributed by atoms with Gasteiger partial charge in [0.1, 0.15) is 0 Å². The van der Waals surface area contributed by atoms with Crippen LogP contribution in [0.5, 0.6) is 0 Å². The lowest BCUT2D eigenvalue weighted by Crippen LogP contribution is -2.26. The summed E-state index contributed by atoms with van der Waals surface area (Å²) in [6, 6.07) is 3.94. The van der Waals surface area contributed by atoms with Crippen molar-refractivity contribution in [3.8, 4) is 11.4 Å². The van der Waals surface area contributed by atoms with Gasteiger partial charge in [-0.3, -0.25) is 4.98 Å². The number of nitrogens with one attached hydrogen (secondary N) is 1. The van der Waals surface area contributed by atoms with E-state index in [1.54, 1.807) is 6.20 Å². The average molecular weight is 254 g/mol. The number of hydrogen-bond donors (Lipinski definition) is 1. The zero-order valence-corrected chi connectivity index (χ0v) is 11.2. The third kappa shape index (κ3) is 2.49. The smallest absolute Gasteiger partial charge is 0.161 e. The van der Waals surface area contributed by atoms with Gasteiger partial charge in [-0.1, -0.05) is 13.3 Å². The Hall–Kier alpha value is -1.81. The van der Waals surface area contributed by atoms with E-state index in [2.05, 4.69) is 17.2 Å². The lowest BCUT2D eigenvalue weighted by Gasteiger charge is -2.20. The second kappa shape index (κ2) is 5.45. The van der Waals surface area contributed by atoms with Crippen LogP contribution in [0.3, 0.4) is 0 Å². The first-order valence-electron chi connectivity index (χ1n) is 6.88. The van der Waals surface area contributed by atoms with Crippen molar-refractivity contribution in [2.75, 3.05) is 6.54 Å². The highest BCUT2D eigenvalue weighted by Crippen LogP contribution is 2.21. The quantitative estimate of drug-likeness (QED) is 0.911. The van der Waals surface area contributed by atoms with Crippen LogP contribution in [0.15, 0.2) is 24.5 Å². The number of aromatic nitrogens is 3. The average Bonchev–Trinajstić information content (AvgIpc) is 2.48. The molecule has 0 aromatic carbocycles. The van der Waals surface area contributed by atoms with Gasteiger partial charge in [-0.15, -0.1) is 0 Å². The van der Waals surface area contributed by atoms with E-state index >= 15 is 0 Å². The summed E-state index contributed by atoms with van der Waals surface area (Å²) >= 11 is 0. The van der Waals surface area contributed by atoms with Crippen molar-refractivity contribution in [3.05, 3.63) is 41.5 Å². The molecule has 3 rings (SSSR count). The molecule has 2 aromatic heterocycles. The molecule has 0 bridgehead atoms. The van der Waals surface area contributed by atoms with Crippen molar-refractivity contribution in [1.82, 2.24) is 20.3 Å². The first-order chi connectivity index (χ1) is 9.38. The van der Waals surface area contributed by atoms with E-state index in [4.69, 9.17) is 9.97 Å². The standard InChI is InChI=1S/C15H18N4/c1-2-4-13-12-6-8-17-10-14(12)19-15(18-13)11-5-3-7-16-9-11/h3,5,7,9,17H,2,4,6,8,10H2,1H3. The molecule has 0 saturated heterocycles. The summed E-state index contributed by atoms with van der Waals surface area (Å²) in [5.74, 6) is 0.805. The molecule has 1 aliphatic heterocycles. The van der Waals surface area contributed by atoms with Crippen molar-refractivity contribution in [3.63, 3.8) is 0 Å². The molecule has 1 N–H and O–H groups in total. The van der Waals surface area contributed by atoms with Crippen LogP contribution in [0.25, 0.3) is 11.4 Å². The number of pyridine rings is 1. The molecule has 0 atom stereocenters. The molecular weight excluding hydrogens is 236 g/mol. The third-order valence-corrected chi connectivity index (χ3v) is 3.43. The molecular formula is C15H18N4.